The number of rotatable bonds is 7. The fourth-order valence-electron chi connectivity index (χ4n) is 5.60. The van der Waals surface area contributed by atoms with Gasteiger partial charge in [-0.25, -0.2) is 0 Å². The van der Waals surface area contributed by atoms with Gasteiger partial charge in [0.2, 0.25) is 0 Å². The SMILES string of the molecule is CCCc1c(-c2ccc(N3CCCC3)cc2)c(C(N)=O)c(C)n1CC1CCCCC1. The van der Waals surface area contributed by atoms with Gasteiger partial charge in [0.15, 0.2) is 0 Å². The second-order valence-corrected chi connectivity index (χ2v) is 9.25. The van der Waals surface area contributed by atoms with Gasteiger partial charge >= 0.3 is 0 Å². The second kappa shape index (κ2) is 9.28. The molecule has 1 aromatic carbocycles. The summed E-state index contributed by atoms with van der Waals surface area (Å²) in [5.41, 5.74) is 12.5. The van der Waals surface area contributed by atoms with E-state index in [4.69, 9.17) is 5.73 Å². The molecular weight excluding hydrogens is 370 g/mol. The first-order valence-corrected chi connectivity index (χ1v) is 12.0. The third kappa shape index (κ3) is 4.14. The van der Waals surface area contributed by atoms with Crippen molar-refractivity contribution >= 4 is 11.6 Å². The zero-order chi connectivity index (χ0) is 21.1. The van der Waals surface area contributed by atoms with Crippen molar-refractivity contribution in [1.82, 2.24) is 4.57 Å². The first-order valence-electron chi connectivity index (χ1n) is 12.0. The minimum absolute atomic E-state index is 0.300. The molecule has 30 heavy (non-hydrogen) atoms. The number of hydrogen-bond donors (Lipinski definition) is 1. The van der Waals surface area contributed by atoms with E-state index in [0.29, 0.717) is 5.92 Å². The van der Waals surface area contributed by atoms with Crippen molar-refractivity contribution in [2.45, 2.75) is 78.2 Å². The number of carbonyl (C=O) groups excluding carboxylic acids is 1. The normalized spacial score (nSPS) is 17.6. The van der Waals surface area contributed by atoms with Gasteiger partial charge < -0.3 is 15.2 Å². The molecule has 0 bridgehead atoms. The smallest absolute Gasteiger partial charge is 0.251 e. The summed E-state index contributed by atoms with van der Waals surface area (Å²) in [7, 11) is 0. The average molecular weight is 408 g/mol. The maximum absolute atomic E-state index is 12.6. The Hall–Kier alpha value is -2.23. The predicted molar refractivity (Wildman–Crippen MR) is 125 cm³/mol. The first-order chi connectivity index (χ1) is 14.6. The van der Waals surface area contributed by atoms with E-state index in [0.717, 1.165) is 54.9 Å². The van der Waals surface area contributed by atoms with Crippen LogP contribution in [0.1, 0.15) is 80.0 Å². The molecule has 1 aliphatic carbocycles. The van der Waals surface area contributed by atoms with Crippen LogP contribution in [0.3, 0.4) is 0 Å². The van der Waals surface area contributed by atoms with Gasteiger partial charge in [-0.1, -0.05) is 44.7 Å². The molecule has 0 unspecified atom stereocenters. The Kier molecular flexibility index (Phi) is 6.50. The van der Waals surface area contributed by atoms with E-state index in [9.17, 15) is 4.79 Å². The molecular formula is C26H37N3O. The highest BCUT2D eigenvalue weighted by atomic mass is 16.1. The van der Waals surface area contributed by atoms with E-state index < -0.39 is 0 Å². The van der Waals surface area contributed by atoms with Crippen molar-refractivity contribution in [2.75, 3.05) is 18.0 Å². The topological polar surface area (TPSA) is 51.3 Å². The van der Waals surface area contributed by atoms with Crippen molar-refractivity contribution < 1.29 is 4.79 Å². The van der Waals surface area contributed by atoms with Crippen LogP contribution in [0.25, 0.3) is 11.1 Å². The Balaban J connectivity index is 1.74. The van der Waals surface area contributed by atoms with Crippen LogP contribution in [0.5, 0.6) is 0 Å². The molecule has 4 rings (SSSR count). The summed E-state index contributed by atoms with van der Waals surface area (Å²) in [6.07, 6.45) is 11.2. The van der Waals surface area contributed by atoms with E-state index in [1.807, 2.05) is 0 Å². The molecule has 1 aromatic heterocycles. The zero-order valence-electron chi connectivity index (χ0n) is 18.8. The van der Waals surface area contributed by atoms with Gasteiger partial charge in [-0.3, -0.25) is 4.79 Å². The van der Waals surface area contributed by atoms with Crippen LogP contribution >= 0.6 is 0 Å². The van der Waals surface area contributed by atoms with E-state index in [1.54, 1.807) is 0 Å². The molecule has 1 aliphatic heterocycles. The maximum atomic E-state index is 12.6. The van der Waals surface area contributed by atoms with E-state index in [2.05, 4.69) is 47.6 Å². The number of benzene rings is 1. The third-order valence-electron chi connectivity index (χ3n) is 7.16. The van der Waals surface area contributed by atoms with Gasteiger partial charge in [0.25, 0.3) is 5.91 Å². The number of anilines is 1. The van der Waals surface area contributed by atoms with E-state index >= 15 is 0 Å². The lowest BCUT2D eigenvalue weighted by molar-refractivity contribution is 0.1000. The number of hydrogen-bond acceptors (Lipinski definition) is 2. The second-order valence-electron chi connectivity index (χ2n) is 9.25. The van der Waals surface area contributed by atoms with Crippen molar-refractivity contribution in [2.24, 2.45) is 11.7 Å². The molecule has 162 valence electrons. The molecule has 1 amide bonds. The quantitative estimate of drug-likeness (QED) is 0.640. The number of primary amides is 1. The van der Waals surface area contributed by atoms with Crippen LogP contribution in [-0.2, 0) is 13.0 Å². The van der Waals surface area contributed by atoms with Gasteiger partial charge in [-0.2, -0.15) is 0 Å². The molecule has 0 radical (unpaired) electrons. The maximum Gasteiger partial charge on any atom is 0.251 e. The number of nitrogens with two attached hydrogens (primary N) is 1. The van der Waals surface area contributed by atoms with Crippen LogP contribution in [-0.4, -0.2) is 23.6 Å². The van der Waals surface area contributed by atoms with Gasteiger partial charge in [0.1, 0.15) is 0 Å². The molecule has 2 N–H and O–H groups in total. The van der Waals surface area contributed by atoms with Crippen molar-refractivity contribution in [3.05, 3.63) is 41.2 Å². The fraction of sp³-hybridized carbons (Fsp3) is 0.577. The third-order valence-corrected chi connectivity index (χ3v) is 7.16. The number of aromatic nitrogens is 1. The Morgan fingerprint density at radius 3 is 2.30 bits per heavy atom. The number of carbonyl (C=O) groups is 1. The number of amides is 1. The molecule has 1 saturated carbocycles. The average Bonchev–Trinajstić information content (AvgIpc) is 3.38. The van der Waals surface area contributed by atoms with Crippen molar-refractivity contribution in [1.29, 1.82) is 0 Å². The summed E-state index contributed by atoms with van der Waals surface area (Å²) in [6.45, 7) is 7.61. The minimum atomic E-state index is -0.300. The van der Waals surface area contributed by atoms with Gasteiger partial charge in [-0.05, 0) is 62.6 Å². The summed E-state index contributed by atoms with van der Waals surface area (Å²) < 4.78 is 2.43. The van der Waals surface area contributed by atoms with Crippen LogP contribution in [0.2, 0.25) is 0 Å². The highest BCUT2D eigenvalue weighted by Crippen LogP contribution is 2.36. The monoisotopic (exact) mass is 407 g/mol. The highest BCUT2D eigenvalue weighted by Gasteiger charge is 2.26. The molecule has 1 saturated heterocycles. The first kappa shape index (κ1) is 21.0. The predicted octanol–water partition coefficient (Wildman–Crippen LogP) is 5.70. The number of nitrogens with zero attached hydrogens (tertiary/aromatic N) is 2. The lowest BCUT2D eigenvalue weighted by Gasteiger charge is -2.24. The van der Waals surface area contributed by atoms with E-state index in [-0.39, 0.29) is 5.91 Å². The zero-order valence-corrected chi connectivity index (χ0v) is 18.8. The highest BCUT2D eigenvalue weighted by molar-refractivity contribution is 6.02. The molecule has 2 aliphatic rings. The van der Waals surface area contributed by atoms with Gasteiger partial charge in [-0.15, -0.1) is 0 Å². The Bertz CT molecular complexity index is 869. The van der Waals surface area contributed by atoms with Gasteiger partial charge in [0.05, 0.1) is 5.56 Å². The molecule has 2 fully saturated rings. The fourth-order valence-corrected chi connectivity index (χ4v) is 5.60. The lowest BCUT2D eigenvalue weighted by atomic mass is 9.89. The van der Waals surface area contributed by atoms with Crippen LogP contribution in [0, 0.1) is 12.8 Å². The molecule has 0 spiro atoms. The Labute approximate surface area is 181 Å². The van der Waals surface area contributed by atoms with Gasteiger partial charge in [0, 0.05) is 42.3 Å². The Morgan fingerprint density at radius 1 is 1.03 bits per heavy atom. The van der Waals surface area contributed by atoms with E-state index in [1.165, 1.54) is 56.3 Å². The molecule has 0 atom stereocenters. The minimum Gasteiger partial charge on any atom is -0.372 e. The van der Waals surface area contributed by atoms with Crippen LogP contribution in [0.15, 0.2) is 24.3 Å². The largest absolute Gasteiger partial charge is 0.372 e. The molecule has 4 heteroatoms. The standard InChI is InChI=1S/C26H37N3O/c1-3-9-23-25(21-12-14-22(15-13-21)28-16-7-8-17-28)24(26(27)30)19(2)29(23)18-20-10-5-4-6-11-20/h12-15,20H,3-11,16-18H2,1-2H3,(H2,27,30). The molecule has 4 nitrogen and oxygen atoms in total. The molecule has 2 heterocycles. The Morgan fingerprint density at radius 2 is 1.70 bits per heavy atom. The van der Waals surface area contributed by atoms with Crippen LogP contribution < -0.4 is 10.6 Å². The molecule has 2 aromatic rings. The summed E-state index contributed by atoms with van der Waals surface area (Å²) in [5, 5.41) is 0. The summed E-state index contributed by atoms with van der Waals surface area (Å²) in [6, 6.07) is 8.82. The summed E-state index contributed by atoms with van der Waals surface area (Å²) in [4.78, 5) is 15.0. The van der Waals surface area contributed by atoms with Crippen molar-refractivity contribution in [3.63, 3.8) is 0 Å². The van der Waals surface area contributed by atoms with Crippen molar-refractivity contribution in [3.8, 4) is 11.1 Å². The summed E-state index contributed by atoms with van der Waals surface area (Å²) in [5.74, 6) is 0.414. The lowest BCUT2D eigenvalue weighted by Crippen LogP contribution is -2.18. The van der Waals surface area contributed by atoms with Crippen LogP contribution in [0.4, 0.5) is 5.69 Å². The summed E-state index contributed by atoms with van der Waals surface area (Å²) >= 11 is 0.